The Morgan fingerprint density at radius 2 is 2.06 bits per heavy atom. The molecule has 0 spiro atoms. The van der Waals surface area contributed by atoms with Crippen molar-refractivity contribution in [2.24, 2.45) is 5.41 Å². The van der Waals surface area contributed by atoms with Crippen LogP contribution in [0.15, 0.2) is 24.3 Å². The molecule has 1 N–H and O–H groups in total. The van der Waals surface area contributed by atoms with Crippen LogP contribution >= 0.6 is 0 Å². The van der Waals surface area contributed by atoms with Gasteiger partial charge in [-0.2, -0.15) is 0 Å². The number of nitrogens with one attached hydrogen (secondary N) is 1. The molecule has 1 saturated heterocycles. The first-order valence-electron chi connectivity index (χ1n) is 6.40. The monoisotopic (exact) mass is 231 g/mol. The van der Waals surface area contributed by atoms with E-state index in [1.165, 1.54) is 5.56 Å². The van der Waals surface area contributed by atoms with Crippen molar-refractivity contribution < 1.29 is 4.79 Å². The summed E-state index contributed by atoms with van der Waals surface area (Å²) >= 11 is 0. The third kappa shape index (κ3) is 2.95. The molecule has 1 heterocycles. The molecule has 1 fully saturated rings. The van der Waals surface area contributed by atoms with Crippen LogP contribution in [-0.2, 0) is 11.2 Å². The van der Waals surface area contributed by atoms with Crippen molar-refractivity contribution in [2.75, 3.05) is 13.1 Å². The molecule has 2 rings (SSSR count). The minimum atomic E-state index is -0.164. The molecule has 1 aromatic carbocycles. The SMILES string of the molecule is Cc1ccc(CC(=O)C2(C)CCCNC2)cc1. The molecule has 2 heteroatoms. The smallest absolute Gasteiger partial charge is 0.144 e. The fourth-order valence-corrected chi connectivity index (χ4v) is 2.40. The summed E-state index contributed by atoms with van der Waals surface area (Å²) in [6.07, 6.45) is 2.69. The Kier molecular flexibility index (Phi) is 3.63. The van der Waals surface area contributed by atoms with E-state index in [0.29, 0.717) is 12.2 Å². The van der Waals surface area contributed by atoms with Gasteiger partial charge in [0.1, 0.15) is 5.78 Å². The van der Waals surface area contributed by atoms with Gasteiger partial charge in [0, 0.05) is 18.4 Å². The Labute approximate surface area is 103 Å². The molecule has 1 aliphatic heterocycles. The van der Waals surface area contributed by atoms with E-state index in [2.05, 4.69) is 43.4 Å². The van der Waals surface area contributed by atoms with Crippen LogP contribution < -0.4 is 5.32 Å². The van der Waals surface area contributed by atoms with Crippen molar-refractivity contribution in [3.63, 3.8) is 0 Å². The number of Topliss-reactive ketones (excluding diaryl/α,β-unsaturated/α-hetero) is 1. The van der Waals surface area contributed by atoms with Crippen LogP contribution in [-0.4, -0.2) is 18.9 Å². The van der Waals surface area contributed by atoms with E-state index in [4.69, 9.17) is 0 Å². The second-order valence-corrected chi connectivity index (χ2v) is 5.43. The largest absolute Gasteiger partial charge is 0.316 e. The van der Waals surface area contributed by atoms with E-state index in [0.717, 1.165) is 31.5 Å². The standard InChI is InChI=1S/C15H21NO/c1-12-4-6-13(7-5-12)10-14(17)15(2)8-3-9-16-11-15/h4-7,16H,3,8-11H2,1-2H3. The average Bonchev–Trinajstić information content (AvgIpc) is 2.33. The van der Waals surface area contributed by atoms with Gasteiger partial charge >= 0.3 is 0 Å². The number of aryl methyl sites for hydroxylation is 1. The van der Waals surface area contributed by atoms with Crippen LogP contribution in [0.1, 0.15) is 30.9 Å². The van der Waals surface area contributed by atoms with E-state index in [-0.39, 0.29) is 5.41 Å². The van der Waals surface area contributed by atoms with Crippen molar-refractivity contribution in [1.29, 1.82) is 0 Å². The van der Waals surface area contributed by atoms with Crippen molar-refractivity contribution >= 4 is 5.78 Å². The lowest BCUT2D eigenvalue weighted by Gasteiger charge is -2.32. The third-order valence-electron chi connectivity index (χ3n) is 3.76. The molecule has 1 unspecified atom stereocenters. The minimum absolute atomic E-state index is 0.164. The number of carbonyl (C=O) groups is 1. The lowest BCUT2D eigenvalue weighted by Crippen LogP contribution is -2.44. The van der Waals surface area contributed by atoms with Gasteiger partial charge in [-0.3, -0.25) is 4.79 Å². The highest BCUT2D eigenvalue weighted by Gasteiger charge is 2.33. The molecule has 1 aromatic rings. The van der Waals surface area contributed by atoms with Gasteiger partial charge in [0.2, 0.25) is 0 Å². The minimum Gasteiger partial charge on any atom is -0.316 e. The summed E-state index contributed by atoms with van der Waals surface area (Å²) < 4.78 is 0. The van der Waals surface area contributed by atoms with Gasteiger partial charge in [-0.05, 0) is 31.9 Å². The van der Waals surface area contributed by atoms with Crippen molar-refractivity contribution in [3.8, 4) is 0 Å². The van der Waals surface area contributed by atoms with Gasteiger partial charge in [-0.25, -0.2) is 0 Å². The molecule has 0 amide bonds. The van der Waals surface area contributed by atoms with Gasteiger partial charge in [0.25, 0.3) is 0 Å². The first-order valence-corrected chi connectivity index (χ1v) is 6.40. The predicted molar refractivity (Wildman–Crippen MR) is 70.1 cm³/mol. The molecule has 0 radical (unpaired) electrons. The molecule has 0 aliphatic carbocycles. The molecule has 0 aromatic heterocycles. The maximum atomic E-state index is 12.3. The molecular formula is C15H21NO. The normalized spacial score (nSPS) is 24.6. The molecule has 1 atom stereocenters. The van der Waals surface area contributed by atoms with Crippen LogP contribution in [0, 0.1) is 12.3 Å². The number of ketones is 1. The van der Waals surface area contributed by atoms with Crippen LogP contribution in [0.25, 0.3) is 0 Å². The van der Waals surface area contributed by atoms with Gasteiger partial charge in [-0.15, -0.1) is 0 Å². The summed E-state index contributed by atoms with van der Waals surface area (Å²) in [6.45, 7) is 6.04. The molecule has 2 nitrogen and oxygen atoms in total. The van der Waals surface area contributed by atoms with E-state index in [9.17, 15) is 4.79 Å². The second kappa shape index (κ2) is 5.01. The summed E-state index contributed by atoms with van der Waals surface area (Å²) in [4.78, 5) is 12.3. The molecule has 0 bridgehead atoms. The Bertz CT molecular complexity index is 388. The first-order chi connectivity index (χ1) is 8.10. The van der Waals surface area contributed by atoms with Gasteiger partial charge in [-0.1, -0.05) is 36.8 Å². The number of hydrogen-bond donors (Lipinski definition) is 1. The zero-order valence-corrected chi connectivity index (χ0v) is 10.8. The van der Waals surface area contributed by atoms with E-state index in [1.54, 1.807) is 0 Å². The third-order valence-corrected chi connectivity index (χ3v) is 3.76. The van der Waals surface area contributed by atoms with E-state index < -0.39 is 0 Å². The number of benzene rings is 1. The summed E-state index contributed by atoms with van der Waals surface area (Å²) in [6, 6.07) is 8.27. The highest BCUT2D eigenvalue weighted by atomic mass is 16.1. The lowest BCUT2D eigenvalue weighted by molar-refractivity contribution is -0.128. The quantitative estimate of drug-likeness (QED) is 0.866. The summed E-state index contributed by atoms with van der Waals surface area (Å²) in [7, 11) is 0. The molecule has 1 aliphatic rings. The van der Waals surface area contributed by atoms with Crippen LogP contribution in [0.3, 0.4) is 0 Å². The molecule has 0 saturated carbocycles. The van der Waals surface area contributed by atoms with Crippen LogP contribution in [0.5, 0.6) is 0 Å². The summed E-state index contributed by atoms with van der Waals surface area (Å²) in [5, 5.41) is 3.33. The molecule has 17 heavy (non-hydrogen) atoms. The zero-order chi connectivity index (χ0) is 12.3. The highest BCUT2D eigenvalue weighted by molar-refractivity contribution is 5.86. The first kappa shape index (κ1) is 12.3. The topological polar surface area (TPSA) is 29.1 Å². The van der Waals surface area contributed by atoms with Gasteiger partial charge in [0.15, 0.2) is 0 Å². The highest BCUT2D eigenvalue weighted by Crippen LogP contribution is 2.28. The van der Waals surface area contributed by atoms with E-state index >= 15 is 0 Å². The van der Waals surface area contributed by atoms with E-state index in [1.807, 2.05) is 0 Å². The Morgan fingerprint density at radius 1 is 1.35 bits per heavy atom. The fourth-order valence-electron chi connectivity index (χ4n) is 2.40. The fraction of sp³-hybridized carbons (Fsp3) is 0.533. The van der Waals surface area contributed by atoms with Gasteiger partial charge in [0.05, 0.1) is 0 Å². The maximum Gasteiger partial charge on any atom is 0.144 e. The number of carbonyl (C=O) groups excluding carboxylic acids is 1. The van der Waals surface area contributed by atoms with Crippen molar-refractivity contribution in [1.82, 2.24) is 5.32 Å². The molecule has 92 valence electrons. The Balaban J connectivity index is 2.03. The number of rotatable bonds is 3. The second-order valence-electron chi connectivity index (χ2n) is 5.43. The molecular weight excluding hydrogens is 210 g/mol. The summed E-state index contributed by atoms with van der Waals surface area (Å²) in [5.74, 6) is 0.369. The van der Waals surface area contributed by atoms with Gasteiger partial charge < -0.3 is 5.32 Å². The summed E-state index contributed by atoms with van der Waals surface area (Å²) in [5.41, 5.74) is 2.21. The van der Waals surface area contributed by atoms with Crippen LogP contribution in [0.4, 0.5) is 0 Å². The Hall–Kier alpha value is -1.15. The zero-order valence-electron chi connectivity index (χ0n) is 10.8. The number of hydrogen-bond acceptors (Lipinski definition) is 2. The van der Waals surface area contributed by atoms with Crippen LogP contribution in [0.2, 0.25) is 0 Å². The lowest BCUT2D eigenvalue weighted by atomic mass is 9.77. The number of piperidine rings is 1. The Morgan fingerprint density at radius 3 is 2.65 bits per heavy atom. The predicted octanol–water partition coefficient (Wildman–Crippen LogP) is 2.50. The maximum absolute atomic E-state index is 12.3. The average molecular weight is 231 g/mol. The van der Waals surface area contributed by atoms with Crippen molar-refractivity contribution in [3.05, 3.63) is 35.4 Å². The van der Waals surface area contributed by atoms with Crippen molar-refractivity contribution in [2.45, 2.75) is 33.1 Å².